The van der Waals surface area contributed by atoms with E-state index in [2.05, 4.69) is 43.4 Å². The highest BCUT2D eigenvalue weighted by atomic mass is 16.5. The average Bonchev–Trinajstić information content (AvgIpc) is 2.37. The number of nitrogens with one attached hydrogen (secondary N) is 1. The lowest BCUT2D eigenvalue weighted by Gasteiger charge is -2.14. The summed E-state index contributed by atoms with van der Waals surface area (Å²) in [5, 5.41) is 3.44. The fourth-order valence-corrected chi connectivity index (χ4v) is 1.85. The van der Waals surface area contributed by atoms with Crippen LogP contribution < -0.4 is 5.32 Å². The van der Waals surface area contributed by atoms with Crippen LogP contribution in [-0.2, 0) is 11.2 Å². The van der Waals surface area contributed by atoms with Crippen molar-refractivity contribution in [1.82, 2.24) is 5.32 Å². The maximum Gasteiger partial charge on any atom is 0.0587 e. The van der Waals surface area contributed by atoms with Crippen molar-refractivity contribution in [2.24, 2.45) is 0 Å². The van der Waals surface area contributed by atoms with Crippen molar-refractivity contribution in [3.05, 3.63) is 35.4 Å². The van der Waals surface area contributed by atoms with Gasteiger partial charge >= 0.3 is 0 Å². The zero-order chi connectivity index (χ0) is 12.5. The smallest absolute Gasteiger partial charge is 0.0587 e. The van der Waals surface area contributed by atoms with E-state index in [4.69, 9.17) is 4.74 Å². The van der Waals surface area contributed by atoms with E-state index in [-0.39, 0.29) is 0 Å². The second-order valence-electron chi connectivity index (χ2n) is 4.51. The third-order valence-electron chi connectivity index (χ3n) is 3.06. The van der Waals surface area contributed by atoms with Crippen LogP contribution in [0.15, 0.2) is 24.3 Å². The second kappa shape index (κ2) is 8.26. The lowest BCUT2D eigenvalue weighted by atomic mass is 10.0. The molecule has 0 radical (unpaired) electrons. The number of unbranched alkanes of at least 4 members (excludes halogenated alkanes) is 1. The highest BCUT2D eigenvalue weighted by Crippen LogP contribution is 2.14. The van der Waals surface area contributed by atoms with Gasteiger partial charge in [-0.15, -0.1) is 0 Å². The fourth-order valence-electron chi connectivity index (χ4n) is 1.85. The molecule has 0 spiro atoms. The van der Waals surface area contributed by atoms with Crippen molar-refractivity contribution < 1.29 is 4.74 Å². The van der Waals surface area contributed by atoms with Gasteiger partial charge in [-0.05, 0) is 30.9 Å². The third kappa shape index (κ3) is 5.33. The van der Waals surface area contributed by atoms with Gasteiger partial charge in [-0.25, -0.2) is 0 Å². The van der Waals surface area contributed by atoms with Gasteiger partial charge < -0.3 is 10.1 Å². The molecule has 1 aromatic carbocycles. The molecule has 0 saturated carbocycles. The maximum absolute atomic E-state index is 5.03. The van der Waals surface area contributed by atoms with Crippen molar-refractivity contribution >= 4 is 0 Å². The van der Waals surface area contributed by atoms with E-state index < -0.39 is 0 Å². The molecular weight excluding hydrogens is 210 g/mol. The largest absolute Gasteiger partial charge is 0.383 e. The summed E-state index contributed by atoms with van der Waals surface area (Å²) in [6, 6.07) is 9.36. The zero-order valence-corrected chi connectivity index (χ0v) is 11.3. The lowest BCUT2D eigenvalue weighted by molar-refractivity contribution is 0.196. The molecule has 2 nitrogen and oxygen atoms in total. The Morgan fingerprint density at radius 1 is 1.24 bits per heavy atom. The van der Waals surface area contributed by atoms with Gasteiger partial charge in [0, 0.05) is 19.7 Å². The van der Waals surface area contributed by atoms with Gasteiger partial charge in [0.25, 0.3) is 0 Å². The zero-order valence-electron chi connectivity index (χ0n) is 11.3. The van der Waals surface area contributed by atoms with Gasteiger partial charge in [0.1, 0.15) is 0 Å². The summed E-state index contributed by atoms with van der Waals surface area (Å²) in [7, 11) is 1.73. The molecule has 0 aromatic heterocycles. The summed E-state index contributed by atoms with van der Waals surface area (Å²) in [6.45, 7) is 6.08. The molecule has 0 aliphatic carbocycles. The molecule has 0 fully saturated rings. The van der Waals surface area contributed by atoms with E-state index in [0.29, 0.717) is 6.04 Å². The van der Waals surface area contributed by atoms with Gasteiger partial charge in [0.2, 0.25) is 0 Å². The predicted octanol–water partition coefficient (Wildman–Crippen LogP) is 3.33. The fraction of sp³-hybridized carbons (Fsp3) is 0.600. The van der Waals surface area contributed by atoms with Crippen molar-refractivity contribution in [3.8, 4) is 0 Å². The molecule has 1 atom stereocenters. The summed E-state index contributed by atoms with van der Waals surface area (Å²) in [6.07, 6.45) is 3.74. The lowest BCUT2D eigenvalue weighted by Crippen LogP contribution is -2.22. The molecule has 0 aliphatic heterocycles. The van der Waals surface area contributed by atoms with Gasteiger partial charge in [0.05, 0.1) is 6.61 Å². The molecule has 0 bridgehead atoms. The summed E-state index contributed by atoms with van der Waals surface area (Å²) in [5.41, 5.74) is 2.79. The van der Waals surface area contributed by atoms with E-state index in [1.54, 1.807) is 7.11 Å². The van der Waals surface area contributed by atoms with Crippen LogP contribution in [0.2, 0.25) is 0 Å². The number of hydrogen-bond donors (Lipinski definition) is 1. The summed E-state index contributed by atoms with van der Waals surface area (Å²) < 4.78 is 5.03. The topological polar surface area (TPSA) is 21.3 Å². The Bertz CT molecular complexity index is 294. The first kappa shape index (κ1) is 14.2. The summed E-state index contributed by atoms with van der Waals surface area (Å²) in [4.78, 5) is 0. The average molecular weight is 235 g/mol. The molecule has 1 rings (SSSR count). The van der Waals surface area contributed by atoms with Gasteiger partial charge in [-0.2, -0.15) is 0 Å². The monoisotopic (exact) mass is 235 g/mol. The third-order valence-corrected chi connectivity index (χ3v) is 3.06. The van der Waals surface area contributed by atoms with Gasteiger partial charge in [-0.1, -0.05) is 37.6 Å². The van der Waals surface area contributed by atoms with Crippen LogP contribution in [-0.4, -0.2) is 20.3 Å². The number of hydrogen-bond acceptors (Lipinski definition) is 2. The second-order valence-corrected chi connectivity index (χ2v) is 4.51. The van der Waals surface area contributed by atoms with Crippen LogP contribution in [0.1, 0.15) is 43.9 Å². The first-order valence-electron chi connectivity index (χ1n) is 6.59. The van der Waals surface area contributed by atoms with Crippen LogP contribution in [0.25, 0.3) is 0 Å². The Morgan fingerprint density at radius 2 is 1.94 bits per heavy atom. The first-order chi connectivity index (χ1) is 8.27. The minimum Gasteiger partial charge on any atom is -0.383 e. The molecule has 0 amide bonds. The molecule has 1 N–H and O–H groups in total. The Kier molecular flexibility index (Phi) is 6.90. The minimum atomic E-state index is 0.394. The van der Waals surface area contributed by atoms with E-state index in [0.717, 1.165) is 13.2 Å². The van der Waals surface area contributed by atoms with Crippen LogP contribution in [0.3, 0.4) is 0 Å². The number of ether oxygens (including phenoxy) is 1. The molecule has 1 unspecified atom stereocenters. The Morgan fingerprint density at radius 3 is 2.53 bits per heavy atom. The van der Waals surface area contributed by atoms with Crippen LogP contribution in [0, 0.1) is 0 Å². The Balaban J connectivity index is 2.43. The maximum atomic E-state index is 5.03. The highest BCUT2D eigenvalue weighted by Gasteiger charge is 2.03. The molecule has 2 heteroatoms. The van der Waals surface area contributed by atoms with Crippen molar-refractivity contribution in [2.75, 3.05) is 20.3 Å². The molecule has 0 aliphatic rings. The predicted molar refractivity (Wildman–Crippen MR) is 73.3 cm³/mol. The molecule has 0 heterocycles. The SMILES string of the molecule is CCCCc1ccc(C(C)NCCOC)cc1. The normalized spacial score (nSPS) is 12.6. The standard InChI is InChI=1S/C15H25NO/c1-4-5-6-14-7-9-15(10-8-14)13(2)16-11-12-17-3/h7-10,13,16H,4-6,11-12H2,1-3H3. The minimum absolute atomic E-state index is 0.394. The van der Waals surface area contributed by atoms with E-state index in [9.17, 15) is 0 Å². The van der Waals surface area contributed by atoms with Gasteiger partial charge in [-0.3, -0.25) is 0 Å². The Hall–Kier alpha value is -0.860. The van der Waals surface area contributed by atoms with Crippen molar-refractivity contribution in [2.45, 2.75) is 39.2 Å². The van der Waals surface area contributed by atoms with E-state index >= 15 is 0 Å². The van der Waals surface area contributed by atoms with Crippen molar-refractivity contribution in [1.29, 1.82) is 0 Å². The van der Waals surface area contributed by atoms with Gasteiger partial charge in [0.15, 0.2) is 0 Å². The van der Waals surface area contributed by atoms with Crippen LogP contribution in [0.5, 0.6) is 0 Å². The highest BCUT2D eigenvalue weighted by molar-refractivity contribution is 5.24. The Labute approximate surface area is 105 Å². The first-order valence-corrected chi connectivity index (χ1v) is 6.59. The molecule has 17 heavy (non-hydrogen) atoms. The number of methoxy groups -OCH3 is 1. The molecule has 0 saturated heterocycles. The molecular formula is C15H25NO. The van der Waals surface area contributed by atoms with E-state index in [1.165, 1.54) is 30.4 Å². The molecule has 1 aromatic rings. The summed E-state index contributed by atoms with van der Waals surface area (Å²) >= 11 is 0. The van der Waals surface area contributed by atoms with Crippen LogP contribution >= 0.6 is 0 Å². The quantitative estimate of drug-likeness (QED) is 0.698. The number of benzene rings is 1. The number of rotatable bonds is 8. The number of aryl methyl sites for hydroxylation is 1. The summed E-state index contributed by atoms with van der Waals surface area (Å²) in [5.74, 6) is 0. The van der Waals surface area contributed by atoms with Crippen LogP contribution in [0.4, 0.5) is 0 Å². The molecule has 96 valence electrons. The van der Waals surface area contributed by atoms with Crippen molar-refractivity contribution in [3.63, 3.8) is 0 Å². The van der Waals surface area contributed by atoms with E-state index in [1.807, 2.05) is 0 Å².